The van der Waals surface area contributed by atoms with E-state index in [4.69, 9.17) is 4.74 Å². The van der Waals surface area contributed by atoms with Crippen molar-refractivity contribution in [3.05, 3.63) is 36.0 Å². The summed E-state index contributed by atoms with van der Waals surface area (Å²) in [5.74, 6) is 0.708. The molecule has 0 unspecified atom stereocenters. The smallest absolute Gasteiger partial charge is 0.323 e. The Morgan fingerprint density at radius 2 is 2.00 bits per heavy atom. The maximum atomic E-state index is 11.7. The van der Waals surface area contributed by atoms with Gasteiger partial charge in [0.2, 0.25) is 0 Å². The monoisotopic (exact) mass is 262 g/mol. The maximum Gasteiger partial charge on any atom is 0.323 e. The highest BCUT2D eigenvalue weighted by atomic mass is 16.5. The summed E-state index contributed by atoms with van der Waals surface area (Å²) in [4.78, 5) is 11.7. The van der Waals surface area contributed by atoms with Gasteiger partial charge in [-0.3, -0.25) is 0 Å². The predicted molar refractivity (Wildman–Crippen MR) is 78.4 cm³/mol. The SMILES string of the molecule is COc1cccc(NC(=O)N/C=C(\C)C(C)(C)C)c1. The number of benzene rings is 1. The van der Waals surface area contributed by atoms with Gasteiger partial charge in [0.05, 0.1) is 7.11 Å². The standard InChI is InChI=1S/C15H22N2O2/c1-11(15(2,3)4)10-16-14(18)17-12-7-6-8-13(9-12)19-5/h6-10H,1-5H3,(H2,16,17,18)/b11-10+. The van der Waals surface area contributed by atoms with Gasteiger partial charge in [0, 0.05) is 18.0 Å². The Bertz CT molecular complexity index is 473. The molecule has 0 spiro atoms. The molecule has 4 nitrogen and oxygen atoms in total. The molecule has 4 heteroatoms. The zero-order chi connectivity index (χ0) is 14.5. The van der Waals surface area contributed by atoms with Crippen LogP contribution in [0.2, 0.25) is 0 Å². The van der Waals surface area contributed by atoms with Crippen molar-refractivity contribution in [2.75, 3.05) is 12.4 Å². The van der Waals surface area contributed by atoms with E-state index in [1.807, 2.05) is 25.1 Å². The van der Waals surface area contributed by atoms with E-state index in [1.54, 1.807) is 19.4 Å². The third-order valence-corrected chi connectivity index (χ3v) is 2.93. The summed E-state index contributed by atoms with van der Waals surface area (Å²) >= 11 is 0. The molecule has 0 fully saturated rings. The minimum atomic E-state index is -0.267. The summed E-state index contributed by atoms with van der Waals surface area (Å²) in [6.45, 7) is 8.28. The zero-order valence-corrected chi connectivity index (χ0v) is 12.2. The first kappa shape index (κ1) is 15.1. The summed E-state index contributed by atoms with van der Waals surface area (Å²) in [6.07, 6.45) is 1.73. The van der Waals surface area contributed by atoms with Gasteiger partial charge in [0.15, 0.2) is 0 Å². The van der Waals surface area contributed by atoms with Crippen LogP contribution in [0, 0.1) is 5.41 Å². The average Bonchev–Trinajstić information content (AvgIpc) is 2.35. The van der Waals surface area contributed by atoms with E-state index in [9.17, 15) is 4.79 Å². The summed E-state index contributed by atoms with van der Waals surface area (Å²) in [7, 11) is 1.59. The van der Waals surface area contributed by atoms with Crippen molar-refractivity contribution in [1.82, 2.24) is 5.32 Å². The third-order valence-electron chi connectivity index (χ3n) is 2.93. The molecule has 0 heterocycles. The molecule has 0 atom stereocenters. The molecule has 0 aliphatic carbocycles. The molecular weight excluding hydrogens is 240 g/mol. The fourth-order valence-corrected chi connectivity index (χ4v) is 1.26. The predicted octanol–water partition coefficient (Wildman–Crippen LogP) is 3.77. The molecule has 19 heavy (non-hydrogen) atoms. The first-order chi connectivity index (χ1) is 8.82. The van der Waals surface area contributed by atoms with E-state index in [2.05, 4.69) is 31.4 Å². The van der Waals surface area contributed by atoms with Gasteiger partial charge >= 0.3 is 6.03 Å². The molecule has 2 amide bonds. The van der Waals surface area contributed by atoms with Gasteiger partial charge < -0.3 is 15.4 Å². The van der Waals surface area contributed by atoms with E-state index in [0.29, 0.717) is 11.4 Å². The molecule has 1 aromatic carbocycles. The van der Waals surface area contributed by atoms with Crippen LogP contribution in [0.5, 0.6) is 5.75 Å². The first-order valence-electron chi connectivity index (χ1n) is 6.22. The molecule has 0 saturated carbocycles. The Balaban J connectivity index is 2.61. The Morgan fingerprint density at radius 1 is 1.32 bits per heavy atom. The van der Waals surface area contributed by atoms with Crippen LogP contribution < -0.4 is 15.4 Å². The lowest BCUT2D eigenvalue weighted by Gasteiger charge is -2.19. The van der Waals surface area contributed by atoms with Gasteiger partial charge in [-0.25, -0.2) is 4.79 Å². The topological polar surface area (TPSA) is 50.4 Å². The second-order valence-electron chi connectivity index (χ2n) is 5.41. The number of allylic oxidation sites excluding steroid dienone is 1. The van der Waals surface area contributed by atoms with E-state index in [-0.39, 0.29) is 11.4 Å². The number of urea groups is 1. The second kappa shape index (κ2) is 6.27. The van der Waals surface area contributed by atoms with Gasteiger partial charge in [-0.15, -0.1) is 0 Å². The van der Waals surface area contributed by atoms with E-state index in [0.717, 1.165) is 5.57 Å². The average molecular weight is 262 g/mol. The van der Waals surface area contributed by atoms with Gasteiger partial charge in [-0.2, -0.15) is 0 Å². The molecule has 0 aliphatic rings. The van der Waals surface area contributed by atoms with Crippen molar-refractivity contribution in [3.8, 4) is 5.75 Å². The highest BCUT2D eigenvalue weighted by Crippen LogP contribution is 2.23. The van der Waals surface area contributed by atoms with Crippen LogP contribution in [0.1, 0.15) is 27.7 Å². The lowest BCUT2D eigenvalue weighted by atomic mass is 9.88. The number of ether oxygens (including phenoxy) is 1. The second-order valence-corrected chi connectivity index (χ2v) is 5.41. The summed E-state index contributed by atoms with van der Waals surface area (Å²) in [6, 6.07) is 6.96. The van der Waals surface area contributed by atoms with Gasteiger partial charge in [-0.1, -0.05) is 32.4 Å². The summed E-state index contributed by atoms with van der Waals surface area (Å²) < 4.78 is 5.10. The lowest BCUT2D eigenvalue weighted by Crippen LogP contribution is -2.25. The van der Waals surface area contributed by atoms with Crippen molar-refractivity contribution in [1.29, 1.82) is 0 Å². The summed E-state index contributed by atoms with van der Waals surface area (Å²) in [5.41, 5.74) is 1.84. The van der Waals surface area contributed by atoms with Crippen molar-refractivity contribution in [2.24, 2.45) is 5.41 Å². The minimum Gasteiger partial charge on any atom is -0.497 e. The van der Waals surface area contributed by atoms with Crippen molar-refractivity contribution < 1.29 is 9.53 Å². The minimum absolute atomic E-state index is 0.0449. The van der Waals surface area contributed by atoms with Crippen molar-refractivity contribution in [3.63, 3.8) is 0 Å². The van der Waals surface area contributed by atoms with Crippen molar-refractivity contribution >= 4 is 11.7 Å². The largest absolute Gasteiger partial charge is 0.497 e. The number of hydrogen-bond donors (Lipinski definition) is 2. The molecule has 1 rings (SSSR count). The Kier molecular flexibility index (Phi) is 4.98. The number of rotatable bonds is 3. The fourth-order valence-electron chi connectivity index (χ4n) is 1.26. The Hall–Kier alpha value is -1.97. The van der Waals surface area contributed by atoms with Crippen LogP contribution in [0.15, 0.2) is 36.0 Å². The lowest BCUT2D eigenvalue weighted by molar-refractivity contribution is 0.255. The third kappa shape index (κ3) is 5.04. The highest BCUT2D eigenvalue weighted by Gasteiger charge is 2.12. The van der Waals surface area contributed by atoms with Crippen LogP contribution in [-0.4, -0.2) is 13.1 Å². The zero-order valence-electron chi connectivity index (χ0n) is 12.2. The maximum absolute atomic E-state index is 11.7. The van der Waals surface area contributed by atoms with Crippen molar-refractivity contribution in [2.45, 2.75) is 27.7 Å². The number of carbonyl (C=O) groups is 1. The van der Waals surface area contributed by atoms with Crippen LogP contribution in [0.4, 0.5) is 10.5 Å². The van der Waals surface area contributed by atoms with Crippen LogP contribution in [0.3, 0.4) is 0 Å². The van der Waals surface area contributed by atoms with Gasteiger partial charge in [0.25, 0.3) is 0 Å². The summed E-state index contributed by atoms with van der Waals surface area (Å²) in [5, 5.41) is 5.47. The first-order valence-corrected chi connectivity index (χ1v) is 6.22. The normalized spacial score (nSPS) is 11.9. The van der Waals surface area contributed by atoms with Crippen LogP contribution in [0.25, 0.3) is 0 Å². The number of carbonyl (C=O) groups excluding carboxylic acids is 1. The Morgan fingerprint density at radius 3 is 2.58 bits per heavy atom. The number of anilines is 1. The fraction of sp³-hybridized carbons (Fsp3) is 0.400. The number of amides is 2. The van der Waals surface area contributed by atoms with E-state index in [1.165, 1.54) is 0 Å². The molecule has 104 valence electrons. The molecule has 0 radical (unpaired) electrons. The molecule has 0 bridgehead atoms. The molecular formula is C15H22N2O2. The van der Waals surface area contributed by atoms with Gasteiger partial charge in [-0.05, 0) is 24.5 Å². The van der Waals surface area contributed by atoms with E-state index < -0.39 is 0 Å². The quantitative estimate of drug-likeness (QED) is 0.871. The molecule has 0 aromatic heterocycles. The number of nitrogens with one attached hydrogen (secondary N) is 2. The molecule has 1 aromatic rings. The number of hydrogen-bond acceptors (Lipinski definition) is 2. The van der Waals surface area contributed by atoms with Crippen LogP contribution in [-0.2, 0) is 0 Å². The highest BCUT2D eigenvalue weighted by molar-refractivity contribution is 5.90. The Labute approximate surface area is 114 Å². The number of methoxy groups -OCH3 is 1. The van der Waals surface area contributed by atoms with Gasteiger partial charge in [0.1, 0.15) is 5.75 Å². The molecule has 0 saturated heterocycles. The van der Waals surface area contributed by atoms with Crippen LogP contribution >= 0.6 is 0 Å². The van der Waals surface area contributed by atoms with E-state index >= 15 is 0 Å². The molecule has 2 N–H and O–H groups in total. The molecule has 0 aliphatic heterocycles.